The van der Waals surface area contributed by atoms with Gasteiger partial charge in [-0.25, -0.2) is 0 Å². The lowest BCUT2D eigenvalue weighted by atomic mass is 10.2. The summed E-state index contributed by atoms with van der Waals surface area (Å²) in [6.07, 6.45) is 1.64. The molecule has 2 aromatic carbocycles. The van der Waals surface area contributed by atoms with E-state index >= 15 is 0 Å². The molecular formula is C18H16N2O4S. The molecule has 7 heteroatoms. The van der Waals surface area contributed by atoms with Gasteiger partial charge in [-0.3, -0.25) is 14.5 Å². The fourth-order valence-electron chi connectivity index (χ4n) is 2.24. The van der Waals surface area contributed by atoms with Gasteiger partial charge in [0.25, 0.3) is 11.1 Å². The Balaban J connectivity index is 1.67. The van der Waals surface area contributed by atoms with Crippen LogP contribution >= 0.6 is 11.8 Å². The summed E-state index contributed by atoms with van der Waals surface area (Å²) in [5.74, 6) is 0.534. The second kappa shape index (κ2) is 7.31. The number of aromatic hydroxyl groups is 1. The molecule has 0 spiro atoms. The van der Waals surface area contributed by atoms with E-state index in [2.05, 4.69) is 5.32 Å². The van der Waals surface area contributed by atoms with Gasteiger partial charge in [0.05, 0.1) is 18.7 Å². The maximum absolute atomic E-state index is 12.4. The Bertz CT molecular complexity index is 816. The Morgan fingerprint density at radius 2 is 1.80 bits per heavy atom. The van der Waals surface area contributed by atoms with Crippen LogP contribution in [-0.2, 0) is 4.79 Å². The molecule has 0 bridgehead atoms. The number of phenols is 1. The van der Waals surface area contributed by atoms with Gasteiger partial charge in [0.1, 0.15) is 11.5 Å². The number of hydrogen-bond donors (Lipinski definition) is 2. The van der Waals surface area contributed by atoms with E-state index in [1.54, 1.807) is 37.5 Å². The number of anilines is 1. The molecule has 25 heavy (non-hydrogen) atoms. The van der Waals surface area contributed by atoms with Crippen molar-refractivity contribution in [2.75, 3.05) is 19.1 Å². The summed E-state index contributed by atoms with van der Waals surface area (Å²) in [7, 11) is 1.59. The zero-order valence-corrected chi connectivity index (χ0v) is 14.2. The Morgan fingerprint density at radius 1 is 1.12 bits per heavy atom. The molecule has 1 heterocycles. The molecule has 0 saturated carbocycles. The minimum absolute atomic E-state index is 0.0872. The topological polar surface area (TPSA) is 78.9 Å². The second-order valence-corrected chi connectivity index (χ2v) is 6.26. The highest BCUT2D eigenvalue weighted by Crippen LogP contribution is 2.32. The lowest BCUT2D eigenvalue weighted by molar-refractivity contribution is -0.122. The number of benzene rings is 2. The van der Waals surface area contributed by atoms with Crippen molar-refractivity contribution in [2.24, 2.45) is 0 Å². The van der Waals surface area contributed by atoms with Gasteiger partial charge in [-0.1, -0.05) is 12.1 Å². The van der Waals surface area contributed by atoms with E-state index in [9.17, 15) is 14.7 Å². The van der Waals surface area contributed by atoms with Gasteiger partial charge in [0, 0.05) is 5.69 Å². The predicted molar refractivity (Wildman–Crippen MR) is 97.4 cm³/mol. The van der Waals surface area contributed by atoms with E-state index in [0.717, 1.165) is 33.7 Å². The van der Waals surface area contributed by atoms with E-state index in [-0.39, 0.29) is 23.6 Å². The van der Waals surface area contributed by atoms with Gasteiger partial charge < -0.3 is 15.2 Å². The van der Waals surface area contributed by atoms with Gasteiger partial charge in [0.15, 0.2) is 0 Å². The molecule has 0 unspecified atom stereocenters. The summed E-state index contributed by atoms with van der Waals surface area (Å²) < 4.78 is 5.09. The minimum atomic E-state index is -0.343. The Labute approximate surface area is 149 Å². The molecule has 0 aromatic heterocycles. The fraction of sp³-hybridized carbons (Fsp3) is 0.111. The molecule has 0 radical (unpaired) electrons. The fourth-order valence-corrected chi connectivity index (χ4v) is 3.08. The van der Waals surface area contributed by atoms with Crippen LogP contribution in [0.2, 0.25) is 0 Å². The normalized spacial score (nSPS) is 15.7. The van der Waals surface area contributed by atoms with Crippen LogP contribution in [0.1, 0.15) is 5.56 Å². The Kier molecular flexibility index (Phi) is 4.95. The largest absolute Gasteiger partial charge is 0.508 e. The number of nitrogens with one attached hydrogen (secondary N) is 1. The van der Waals surface area contributed by atoms with Gasteiger partial charge in [-0.2, -0.15) is 0 Å². The van der Waals surface area contributed by atoms with E-state index in [1.807, 2.05) is 12.1 Å². The molecule has 2 amide bonds. The van der Waals surface area contributed by atoms with E-state index < -0.39 is 0 Å². The highest BCUT2D eigenvalue weighted by molar-refractivity contribution is 8.18. The number of carbonyl (C=O) groups excluding carboxylic acids is 2. The predicted octanol–water partition coefficient (Wildman–Crippen LogP) is 3.51. The van der Waals surface area contributed by atoms with Crippen LogP contribution in [0.25, 0.3) is 6.08 Å². The first-order valence-electron chi connectivity index (χ1n) is 7.49. The minimum Gasteiger partial charge on any atom is -0.508 e. The van der Waals surface area contributed by atoms with Crippen LogP contribution in [0, 0.1) is 0 Å². The van der Waals surface area contributed by atoms with Crippen LogP contribution in [0.5, 0.6) is 11.5 Å². The summed E-state index contributed by atoms with van der Waals surface area (Å²) in [4.78, 5) is 26.0. The maximum Gasteiger partial charge on any atom is 0.295 e. The molecule has 2 N–H and O–H groups in total. The molecule has 1 aliphatic heterocycles. The summed E-state index contributed by atoms with van der Waals surface area (Å²) in [5, 5.41) is 12.0. The van der Waals surface area contributed by atoms with Gasteiger partial charge >= 0.3 is 0 Å². The second-order valence-electron chi connectivity index (χ2n) is 5.26. The summed E-state index contributed by atoms with van der Waals surface area (Å²) >= 11 is 0.898. The average Bonchev–Trinajstić information content (AvgIpc) is 2.89. The third kappa shape index (κ3) is 3.95. The third-order valence-corrected chi connectivity index (χ3v) is 4.50. The lowest BCUT2D eigenvalue weighted by Gasteiger charge is -2.14. The Morgan fingerprint density at radius 3 is 2.44 bits per heavy atom. The first-order valence-corrected chi connectivity index (χ1v) is 8.31. The van der Waals surface area contributed by atoms with Crippen LogP contribution in [0.15, 0.2) is 53.4 Å². The van der Waals surface area contributed by atoms with Crippen molar-refractivity contribution in [1.29, 1.82) is 0 Å². The average molecular weight is 356 g/mol. The molecular weight excluding hydrogens is 340 g/mol. The summed E-state index contributed by atoms with van der Waals surface area (Å²) in [5.41, 5.74) is 1.52. The molecule has 1 fully saturated rings. The summed E-state index contributed by atoms with van der Waals surface area (Å²) in [6.45, 7) is 0.0872. The molecule has 3 rings (SSSR count). The van der Waals surface area contributed by atoms with Crippen LogP contribution in [-0.4, -0.2) is 34.9 Å². The molecule has 128 valence electrons. The number of phenolic OH excluding ortho intramolecular Hbond substituents is 1. The molecule has 0 aliphatic carbocycles. The molecule has 2 aromatic rings. The zero-order chi connectivity index (χ0) is 17.8. The van der Waals surface area contributed by atoms with Gasteiger partial charge in [0.2, 0.25) is 0 Å². The smallest absolute Gasteiger partial charge is 0.295 e. The van der Waals surface area contributed by atoms with E-state index in [4.69, 9.17) is 4.74 Å². The zero-order valence-electron chi connectivity index (χ0n) is 13.4. The summed E-state index contributed by atoms with van der Waals surface area (Å²) in [6, 6.07) is 13.6. The highest BCUT2D eigenvalue weighted by Gasteiger charge is 2.34. The molecule has 0 atom stereocenters. The number of rotatable bonds is 5. The van der Waals surface area contributed by atoms with Crippen molar-refractivity contribution in [3.63, 3.8) is 0 Å². The number of amides is 2. The number of nitrogens with zero attached hydrogens (tertiary/aromatic N) is 1. The van der Waals surface area contributed by atoms with Gasteiger partial charge in [-0.05, 0) is 59.8 Å². The van der Waals surface area contributed by atoms with Crippen molar-refractivity contribution in [1.82, 2.24) is 4.90 Å². The first kappa shape index (κ1) is 16.9. The molecule has 1 aliphatic rings. The van der Waals surface area contributed by atoms with E-state index in [0.29, 0.717) is 4.91 Å². The van der Waals surface area contributed by atoms with Crippen LogP contribution in [0.4, 0.5) is 10.5 Å². The highest BCUT2D eigenvalue weighted by atomic mass is 32.2. The number of hydrogen-bond acceptors (Lipinski definition) is 6. The number of thioether (sulfide) groups is 1. The van der Waals surface area contributed by atoms with Gasteiger partial charge in [-0.15, -0.1) is 0 Å². The molecule has 6 nitrogen and oxygen atoms in total. The van der Waals surface area contributed by atoms with Crippen molar-refractivity contribution < 1.29 is 19.4 Å². The quantitative estimate of drug-likeness (QED) is 0.798. The SMILES string of the molecule is COc1ccc(NCN2C(=O)SC(=Cc3ccc(O)cc3)C2=O)cc1. The number of ether oxygens (including phenoxy) is 1. The van der Waals surface area contributed by atoms with Crippen molar-refractivity contribution in [3.05, 3.63) is 59.0 Å². The monoisotopic (exact) mass is 356 g/mol. The third-order valence-electron chi connectivity index (χ3n) is 3.60. The van der Waals surface area contributed by atoms with E-state index in [1.165, 1.54) is 12.1 Å². The maximum atomic E-state index is 12.4. The van der Waals surface area contributed by atoms with Crippen molar-refractivity contribution in [2.45, 2.75) is 0 Å². The standard InChI is InChI=1S/C18H16N2O4S/c1-24-15-8-4-13(5-9-15)19-11-20-17(22)16(25-18(20)23)10-12-2-6-14(21)7-3-12/h2-10,19,21H,11H2,1H3. The van der Waals surface area contributed by atoms with Crippen molar-refractivity contribution in [3.8, 4) is 11.5 Å². The molecule has 1 saturated heterocycles. The lowest BCUT2D eigenvalue weighted by Crippen LogP contribution is -2.33. The van der Waals surface area contributed by atoms with Crippen molar-refractivity contribution >= 4 is 34.7 Å². The number of imide groups is 1. The van der Waals surface area contributed by atoms with Crippen LogP contribution < -0.4 is 10.1 Å². The number of carbonyl (C=O) groups is 2. The first-order chi connectivity index (χ1) is 12.1. The number of methoxy groups -OCH3 is 1. The Hall–Kier alpha value is -2.93. The van der Waals surface area contributed by atoms with Crippen LogP contribution in [0.3, 0.4) is 0 Å².